The van der Waals surface area contributed by atoms with Crippen molar-refractivity contribution in [2.24, 2.45) is 0 Å². The number of aryl methyl sites for hydroxylation is 1. The highest BCUT2D eigenvalue weighted by molar-refractivity contribution is 7.89. The van der Waals surface area contributed by atoms with Crippen LogP contribution in [0.5, 0.6) is 0 Å². The molecule has 0 radical (unpaired) electrons. The maximum atomic E-state index is 13.8. The number of thiazole rings is 1. The van der Waals surface area contributed by atoms with Gasteiger partial charge in [-0.2, -0.15) is 4.31 Å². The number of benzene rings is 2. The average molecular weight is 537 g/mol. The Bertz CT molecular complexity index is 1510. The summed E-state index contributed by atoms with van der Waals surface area (Å²) >= 11 is 1.45. The first-order chi connectivity index (χ1) is 17.7. The highest BCUT2D eigenvalue weighted by Crippen LogP contribution is 2.32. The number of hydrogen-bond acceptors (Lipinski definition) is 7. The standard InChI is InChI=1S/C27H28N4O4S2/c1-18-6-4-8-24-25(18)29-27(36-24)31(17-21-7-5-13-28-14-21)26(32)22-9-11-23(12-10-22)37(33,34)30-15-19(2)35-20(3)16-30/h4-14,19-20H,15-17H2,1-3H3. The third kappa shape index (κ3) is 5.28. The number of hydrogen-bond donors (Lipinski definition) is 0. The summed E-state index contributed by atoms with van der Waals surface area (Å²) in [6, 6.07) is 15.8. The summed E-state index contributed by atoms with van der Waals surface area (Å²) in [5.74, 6) is -0.266. The second kappa shape index (κ2) is 10.3. The summed E-state index contributed by atoms with van der Waals surface area (Å²) in [6.07, 6.45) is 3.04. The summed E-state index contributed by atoms with van der Waals surface area (Å²) in [7, 11) is -3.70. The molecule has 4 aromatic rings. The van der Waals surface area contributed by atoms with Gasteiger partial charge in [0.2, 0.25) is 10.0 Å². The molecule has 3 heterocycles. The molecule has 8 nitrogen and oxygen atoms in total. The number of nitrogens with zero attached hydrogens (tertiary/aromatic N) is 4. The molecule has 2 unspecified atom stereocenters. The summed E-state index contributed by atoms with van der Waals surface area (Å²) in [6.45, 7) is 6.59. The van der Waals surface area contributed by atoms with Crippen molar-refractivity contribution in [2.75, 3.05) is 18.0 Å². The average Bonchev–Trinajstić information content (AvgIpc) is 3.32. The van der Waals surface area contributed by atoms with Crippen LogP contribution in [0.3, 0.4) is 0 Å². The first-order valence-corrected chi connectivity index (χ1v) is 14.3. The van der Waals surface area contributed by atoms with Gasteiger partial charge in [0.1, 0.15) is 0 Å². The zero-order valence-corrected chi connectivity index (χ0v) is 22.5. The SMILES string of the molecule is Cc1cccc2sc(N(Cc3cccnc3)C(=O)c3ccc(S(=O)(=O)N4CC(C)OC(C)C4)cc3)nc12. The van der Waals surface area contributed by atoms with E-state index in [1.165, 1.54) is 27.8 Å². The van der Waals surface area contributed by atoms with E-state index in [1.807, 2.05) is 51.1 Å². The van der Waals surface area contributed by atoms with Crippen LogP contribution in [0.15, 0.2) is 71.9 Å². The molecule has 1 saturated heterocycles. The van der Waals surface area contributed by atoms with E-state index in [4.69, 9.17) is 9.72 Å². The number of sulfonamides is 1. The zero-order valence-electron chi connectivity index (χ0n) is 20.9. The molecule has 2 aromatic heterocycles. The Morgan fingerprint density at radius 2 is 1.81 bits per heavy atom. The molecule has 2 atom stereocenters. The van der Waals surface area contributed by atoms with Gasteiger partial charge in [0.15, 0.2) is 5.13 Å². The Kier molecular flexibility index (Phi) is 7.09. The van der Waals surface area contributed by atoms with E-state index in [0.29, 0.717) is 23.8 Å². The van der Waals surface area contributed by atoms with Crippen LogP contribution in [0.25, 0.3) is 10.2 Å². The van der Waals surface area contributed by atoms with Crippen LogP contribution in [0.2, 0.25) is 0 Å². The normalized spacial score (nSPS) is 18.7. The van der Waals surface area contributed by atoms with Gasteiger partial charge in [-0.1, -0.05) is 29.5 Å². The second-order valence-electron chi connectivity index (χ2n) is 9.27. The van der Waals surface area contributed by atoms with Crippen molar-refractivity contribution >= 4 is 42.6 Å². The summed E-state index contributed by atoms with van der Waals surface area (Å²) in [4.78, 5) is 24.5. The Morgan fingerprint density at radius 3 is 2.46 bits per heavy atom. The summed E-state index contributed by atoms with van der Waals surface area (Å²) in [5.41, 5.74) is 3.14. The number of aromatic nitrogens is 2. The molecular weight excluding hydrogens is 508 g/mol. The van der Waals surface area contributed by atoms with E-state index < -0.39 is 10.0 Å². The van der Waals surface area contributed by atoms with Crippen molar-refractivity contribution < 1.29 is 17.9 Å². The Hall–Kier alpha value is -3.18. The topological polar surface area (TPSA) is 92.7 Å². The van der Waals surface area contributed by atoms with E-state index in [2.05, 4.69) is 4.98 Å². The van der Waals surface area contributed by atoms with E-state index in [1.54, 1.807) is 29.4 Å². The van der Waals surface area contributed by atoms with Crippen LogP contribution >= 0.6 is 11.3 Å². The number of rotatable bonds is 6. The smallest absolute Gasteiger partial charge is 0.260 e. The van der Waals surface area contributed by atoms with Gasteiger partial charge in [0.25, 0.3) is 5.91 Å². The monoisotopic (exact) mass is 536 g/mol. The summed E-state index contributed by atoms with van der Waals surface area (Å²) in [5, 5.41) is 0.575. The van der Waals surface area contributed by atoms with E-state index in [-0.39, 0.29) is 29.6 Å². The Balaban J connectivity index is 1.46. The molecule has 1 amide bonds. The molecule has 10 heteroatoms. The Morgan fingerprint density at radius 1 is 1.08 bits per heavy atom. The van der Waals surface area contributed by atoms with Gasteiger partial charge < -0.3 is 4.74 Å². The first-order valence-electron chi connectivity index (χ1n) is 12.0. The molecule has 0 bridgehead atoms. The van der Waals surface area contributed by atoms with Crippen molar-refractivity contribution in [3.8, 4) is 0 Å². The van der Waals surface area contributed by atoms with Gasteiger partial charge in [-0.05, 0) is 68.3 Å². The molecule has 192 valence electrons. The van der Waals surface area contributed by atoms with Crippen molar-refractivity contribution in [2.45, 2.75) is 44.4 Å². The van der Waals surface area contributed by atoms with Crippen LogP contribution in [0.4, 0.5) is 5.13 Å². The molecule has 0 aliphatic carbocycles. The van der Waals surface area contributed by atoms with E-state index in [9.17, 15) is 13.2 Å². The van der Waals surface area contributed by atoms with Gasteiger partial charge in [0.05, 0.1) is 33.9 Å². The number of amides is 1. The largest absolute Gasteiger partial charge is 0.373 e. The van der Waals surface area contributed by atoms with Crippen LogP contribution in [0.1, 0.15) is 35.3 Å². The fourth-order valence-corrected chi connectivity index (χ4v) is 7.12. The summed E-state index contributed by atoms with van der Waals surface area (Å²) < 4.78 is 34.6. The van der Waals surface area contributed by atoms with Crippen molar-refractivity contribution in [3.05, 3.63) is 83.7 Å². The molecule has 37 heavy (non-hydrogen) atoms. The number of pyridine rings is 1. The van der Waals surface area contributed by atoms with Crippen LogP contribution in [-0.2, 0) is 21.3 Å². The number of anilines is 1. The van der Waals surface area contributed by atoms with E-state index in [0.717, 1.165) is 21.3 Å². The quantitative estimate of drug-likeness (QED) is 0.356. The number of carbonyl (C=O) groups excluding carboxylic acids is 1. The molecule has 1 aliphatic rings. The molecule has 2 aromatic carbocycles. The molecule has 5 rings (SSSR count). The highest BCUT2D eigenvalue weighted by atomic mass is 32.2. The maximum absolute atomic E-state index is 13.8. The number of ether oxygens (including phenoxy) is 1. The zero-order chi connectivity index (χ0) is 26.2. The van der Waals surface area contributed by atoms with Gasteiger partial charge >= 0.3 is 0 Å². The Labute approximate surface area is 220 Å². The molecule has 0 saturated carbocycles. The number of morpholine rings is 1. The van der Waals surface area contributed by atoms with Gasteiger partial charge in [0, 0.05) is 31.0 Å². The minimum absolute atomic E-state index is 0.153. The maximum Gasteiger partial charge on any atom is 0.260 e. The fourth-order valence-electron chi connectivity index (χ4n) is 4.49. The fraction of sp³-hybridized carbons (Fsp3) is 0.296. The number of para-hydroxylation sites is 1. The lowest BCUT2D eigenvalue weighted by molar-refractivity contribution is -0.0440. The second-order valence-corrected chi connectivity index (χ2v) is 12.2. The van der Waals surface area contributed by atoms with Crippen molar-refractivity contribution in [3.63, 3.8) is 0 Å². The predicted molar refractivity (Wildman–Crippen MR) is 144 cm³/mol. The van der Waals surface area contributed by atoms with E-state index >= 15 is 0 Å². The minimum atomic E-state index is -3.70. The lowest BCUT2D eigenvalue weighted by Crippen LogP contribution is -2.48. The molecule has 1 aliphatic heterocycles. The third-order valence-corrected chi connectivity index (χ3v) is 9.16. The van der Waals surface area contributed by atoms with Gasteiger partial charge in [-0.3, -0.25) is 14.7 Å². The third-order valence-electron chi connectivity index (χ3n) is 6.27. The lowest BCUT2D eigenvalue weighted by Gasteiger charge is -2.34. The molecule has 1 fully saturated rings. The molecule has 0 N–H and O–H groups in total. The van der Waals surface area contributed by atoms with Crippen molar-refractivity contribution in [1.29, 1.82) is 0 Å². The number of fused-ring (bicyclic) bond motifs is 1. The van der Waals surface area contributed by atoms with Crippen LogP contribution in [-0.4, -0.2) is 53.9 Å². The molecular formula is C27H28N4O4S2. The minimum Gasteiger partial charge on any atom is -0.373 e. The lowest BCUT2D eigenvalue weighted by atomic mass is 10.2. The van der Waals surface area contributed by atoms with Crippen LogP contribution < -0.4 is 4.90 Å². The van der Waals surface area contributed by atoms with Gasteiger partial charge in [-0.15, -0.1) is 0 Å². The van der Waals surface area contributed by atoms with Gasteiger partial charge in [-0.25, -0.2) is 13.4 Å². The van der Waals surface area contributed by atoms with Crippen molar-refractivity contribution in [1.82, 2.24) is 14.3 Å². The highest BCUT2D eigenvalue weighted by Gasteiger charge is 2.32. The number of carbonyl (C=O) groups is 1. The first kappa shape index (κ1) is 25.5. The predicted octanol–water partition coefficient (Wildman–Crippen LogP) is 4.64. The molecule has 0 spiro atoms. The van der Waals surface area contributed by atoms with Crippen LogP contribution in [0, 0.1) is 6.92 Å².